The van der Waals surface area contributed by atoms with E-state index in [1.54, 1.807) is 13.8 Å². The van der Waals surface area contributed by atoms with E-state index in [1.165, 1.54) is 13.2 Å². The van der Waals surface area contributed by atoms with Crippen LogP contribution in [0.2, 0.25) is 0 Å². The van der Waals surface area contributed by atoms with E-state index < -0.39 is 42.3 Å². The largest absolute Gasteiger partial charge is 0.509 e. The first-order chi connectivity index (χ1) is 9.89. The van der Waals surface area contributed by atoms with Gasteiger partial charge in [-0.2, -0.15) is 0 Å². The van der Waals surface area contributed by atoms with Crippen LogP contribution in [0.25, 0.3) is 0 Å². The fourth-order valence-corrected chi connectivity index (χ4v) is 2.55. The second-order valence-corrected chi connectivity index (χ2v) is 5.39. The maximum absolute atomic E-state index is 11.7. The highest BCUT2D eigenvalue weighted by atomic mass is 16.8. The van der Waals surface area contributed by atoms with E-state index in [9.17, 15) is 9.59 Å². The van der Waals surface area contributed by atoms with Crippen molar-refractivity contribution in [3.8, 4) is 0 Å². The van der Waals surface area contributed by atoms with E-state index in [0.717, 1.165) is 0 Å². The Balaban J connectivity index is 1.84. The first kappa shape index (κ1) is 14.2. The second-order valence-electron chi connectivity index (χ2n) is 5.39. The average molecular weight is 300 g/mol. The molecule has 3 heterocycles. The Labute approximate surface area is 120 Å². The van der Waals surface area contributed by atoms with Crippen LogP contribution in [0.1, 0.15) is 13.8 Å². The molecule has 0 spiro atoms. The van der Waals surface area contributed by atoms with Crippen LogP contribution >= 0.6 is 0 Å². The Morgan fingerprint density at radius 3 is 2.67 bits per heavy atom. The van der Waals surface area contributed by atoms with Crippen LogP contribution in [0.4, 0.5) is 4.79 Å². The molecule has 8 heteroatoms. The van der Waals surface area contributed by atoms with Crippen molar-refractivity contribution in [3.63, 3.8) is 0 Å². The molecule has 3 aliphatic heterocycles. The van der Waals surface area contributed by atoms with Crippen LogP contribution in [0.15, 0.2) is 11.8 Å². The molecule has 0 aromatic rings. The van der Waals surface area contributed by atoms with Crippen molar-refractivity contribution in [1.29, 1.82) is 0 Å². The summed E-state index contributed by atoms with van der Waals surface area (Å²) in [6.45, 7) is 3.79. The molecule has 4 atom stereocenters. The van der Waals surface area contributed by atoms with Crippen molar-refractivity contribution >= 4 is 12.1 Å². The van der Waals surface area contributed by atoms with Gasteiger partial charge in [-0.1, -0.05) is 0 Å². The fourth-order valence-electron chi connectivity index (χ4n) is 2.55. The molecule has 3 rings (SSSR count). The van der Waals surface area contributed by atoms with Crippen molar-refractivity contribution in [1.82, 2.24) is 0 Å². The van der Waals surface area contributed by atoms with Gasteiger partial charge in [0.25, 0.3) is 0 Å². The molecule has 0 aliphatic carbocycles. The number of ether oxygens (including phenoxy) is 6. The van der Waals surface area contributed by atoms with Crippen molar-refractivity contribution < 1.29 is 38.0 Å². The summed E-state index contributed by atoms with van der Waals surface area (Å²) in [6.07, 6.45) is -2.03. The molecule has 2 fully saturated rings. The van der Waals surface area contributed by atoms with Gasteiger partial charge in [0.1, 0.15) is 6.10 Å². The first-order valence-electron chi connectivity index (χ1n) is 6.55. The van der Waals surface area contributed by atoms with Crippen LogP contribution in [-0.2, 0) is 33.2 Å². The summed E-state index contributed by atoms with van der Waals surface area (Å²) in [6, 6.07) is 0. The van der Waals surface area contributed by atoms with Gasteiger partial charge in [-0.3, -0.25) is 0 Å². The molecule has 0 N–H and O–H groups in total. The van der Waals surface area contributed by atoms with E-state index in [2.05, 4.69) is 4.74 Å². The normalized spacial score (nSPS) is 36.9. The SMILES string of the molecule is COC(=O)C1=C[C@H]2OC(=O)O[C@H]2C([C@H]2COC(C)(C)O2)O1. The topological polar surface area (TPSA) is 89.5 Å². The fraction of sp³-hybridized carbons (Fsp3) is 0.692. The third kappa shape index (κ3) is 2.56. The van der Waals surface area contributed by atoms with Gasteiger partial charge in [0.2, 0.25) is 5.76 Å². The van der Waals surface area contributed by atoms with Gasteiger partial charge in [-0.25, -0.2) is 9.59 Å². The van der Waals surface area contributed by atoms with E-state index >= 15 is 0 Å². The van der Waals surface area contributed by atoms with Crippen LogP contribution in [0.3, 0.4) is 0 Å². The Morgan fingerprint density at radius 1 is 1.29 bits per heavy atom. The molecule has 3 aliphatic rings. The number of carbonyl (C=O) groups is 2. The van der Waals surface area contributed by atoms with Gasteiger partial charge in [0.05, 0.1) is 13.7 Å². The molecule has 0 aromatic carbocycles. The van der Waals surface area contributed by atoms with Crippen molar-refractivity contribution in [2.75, 3.05) is 13.7 Å². The number of rotatable bonds is 2. The lowest BCUT2D eigenvalue weighted by molar-refractivity contribution is -0.169. The van der Waals surface area contributed by atoms with Gasteiger partial charge in [0, 0.05) is 6.08 Å². The standard InChI is InChI=1S/C13H16O8/c1-13(2)17-5-8(21-13)10-9-6(19-12(15)20-9)4-7(18-10)11(14)16-3/h4,6,8-10H,5H2,1-3H3/t6-,8-,9-,10?/m1/s1. The van der Waals surface area contributed by atoms with E-state index in [-0.39, 0.29) is 12.4 Å². The number of carbonyl (C=O) groups excluding carboxylic acids is 2. The summed E-state index contributed by atoms with van der Waals surface area (Å²) >= 11 is 0. The molecule has 1 unspecified atom stereocenters. The summed E-state index contributed by atoms with van der Waals surface area (Å²) in [4.78, 5) is 23.0. The Morgan fingerprint density at radius 2 is 2.05 bits per heavy atom. The number of methoxy groups -OCH3 is 1. The molecule has 21 heavy (non-hydrogen) atoms. The predicted octanol–water partition coefficient (Wildman–Crippen LogP) is 0.498. The highest BCUT2D eigenvalue weighted by Gasteiger charge is 2.53. The van der Waals surface area contributed by atoms with Crippen LogP contribution in [0.5, 0.6) is 0 Å². The lowest BCUT2D eigenvalue weighted by Gasteiger charge is -2.32. The van der Waals surface area contributed by atoms with Crippen LogP contribution in [-0.4, -0.2) is 56.0 Å². The number of hydrogen-bond acceptors (Lipinski definition) is 8. The number of esters is 1. The predicted molar refractivity (Wildman–Crippen MR) is 65.0 cm³/mol. The molecule has 0 amide bonds. The molecule has 2 saturated heterocycles. The van der Waals surface area contributed by atoms with Crippen molar-refractivity contribution in [2.45, 2.75) is 44.1 Å². The molecule has 0 radical (unpaired) electrons. The van der Waals surface area contributed by atoms with Gasteiger partial charge >= 0.3 is 12.1 Å². The summed E-state index contributed by atoms with van der Waals surface area (Å²) < 4.78 is 31.6. The molecule has 116 valence electrons. The maximum Gasteiger partial charge on any atom is 0.509 e. The van der Waals surface area contributed by atoms with Gasteiger partial charge < -0.3 is 28.4 Å². The minimum absolute atomic E-state index is 0.0321. The van der Waals surface area contributed by atoms with Crippen LogP contribution in [0, 0.1) is 0 Å². The Kier molecular flexibility index (Phi) is 3.29. The zero-order chi connectivity index (χ0) is 15.2. The van der Waals surface area contributed by atoms with E-state index in [0.29, 0.717) is 0 Å². The van der Waals surface area contributed by atoms with Gasteiger partial charge in [0.15, 0.2) is 24.1 Å². The van der Waals surface area contributed by atoms with E-state index in [4.69, 9.17) is 23.7 Å². The minimum Gasteiger partial charge on any atom is -0.476 e. The Bertz CT molecular complexity index is 496. The van der Waals surface area contributed by atoms with Crippen LogP contribution < -0.4 is 0 Å². The first-order valence-corrected chi connectivity index (χ1v) is 6.55. The quantitative estimate of drug-likeness (QED) is 0.681. The molecule has 8 nitrogen and oxygen atoms in total. The number of fused-ring (bicyclic) bond motifs is 1. The third-order valence-electron chi connectivity index (χ3n) is 3.47. The van der Waals surface area contributed by atoms with Crippen molar-refractivity contribution in [2.24, 2.45) is 0 Å². The molecular weight excluding hydrogens is 284 g/mol. The third-order valence-corrected chi connectivity index (χ3v) is 3.47. The minimum atomic E-state index is -0.806. The maximum atomic E-state index is 11.7. The van der Waals surface area contributed by atoms with Gasteiger partial charge in [-0.15, -0.1) is 0 Å². The average Bonchev–Trinajstić information content (AvgIpc) is 2.97. The molecular formula is C13H16O8. The summed E-state index contributed by atoms with van der Waals surface area (Å²) in [5.41, 5.74) is 0. The Hall–Kier alpha value is -1.80. The zero-order valence-electron chi connectivity index (χ0n) is 11.9. The molecule has 0 bridgehead atoms. The molecule has 0 saturated carbocycles. The summed E-state index contributed by atoms with van der Waals surface area (Å²) in [5.74, 6) is -1.45. The molecule has 0 aromatic heterocycles. The highest BCUT2D eigenvalue weighted by Crippen LogP contribution is 2.35. The lowest BCUT2D eigenvalue weighted by Crippen LogP contribution is -2.49. The summed E-state index contributed by atoms with van der Waals surface area (Å²) in [7, 11) is 1.24. The lowest BCUT2D eigenvalue weighted by atomic mass is 10.00. The van der Waals surface area contributed by atoms with Gasteiger partial charge in [-0.05, 0) is 13.8 Å². The summed E-state index contributed by atoms with van der Waals surface area (Å²) in [5, 5.41) is 0. The zero-order valence-corrected chi connectivity index (χ0v) is 11.9. The second kappa shape index (κ2) is 4.88. The number of hydrogen-bond donors (Lipinski definition) is 0. The van der Waals surface area contributed by atoms with E-state index in [1.807, 2.05) is 0 Å². The highest BCUT2D eigenvalue weighted by molar-refractivity contribution is 5.86. The monoisotopic (exact) mass is 300 g/mol. The van der Waals surface area contributed by atoms with Crippen molar-refractivity contribution in [3.05, 3.63) is 11.8 Å². The smallest absolute Gasteiger partial charge is 0.476 e.